The maximum absolute atomic E-state index is 6.12. The molecule has 1 aromatic heterocycles. The van der Waals surface area contributed by atoms with Crippen molar-refractivity contribution in [3.8, 4) is 0 Å². The number of nitrogens with zero attached hydrogens (tertiary/aromatic N) is 2. The summed E-state index contributed by atoms with van der Waals surface area (Å²) in [6.07, 6.45) is 3.83. The molecule has 3 aliphatic rings. The smallest absolute Gasteiger partial charge is 0.123 e. The minimum absolute atomic E-state index is 0.585. The number of ether oxygens (including phenoxy) is 1. The van der Waals surface area contributed by atoms with Crippen molar-refractivity contribution in [3.05, 3.63) is 35.5 Å². The summed E-state index contributed by atoms with van der Waals surface area (Å²) in [5.74, 6) is 1.52. The second kappa shape index (κ2) is 4.84. The van der Waals surface area contributed by atoms with Crippen LogP contribution in [0.15, 0.2) is 24.3 Å². The number of rotatable bonds is 1. The topological polar surface area (TPSA) is 17.4 Å². The van der Waals surface area contributed by atoms with E-state index < -0.39 is 0 Å². The molecule has 1 fully saturated rings. The summed E-state index contributed by atoms with van der Waals surface area (Å²) in [4.78, 5) is 2.76. The van der Waals surface area contributed by atoms with Crippen LogP contribution in [0, 0.1) is 11.8 Å². The molecule has 3 aliphatic heterocycles. The van der Waals surface area contributed by atoms with E-state index in [1.165, 1.54) is 43.3 Å². The zero-order valence-electron chi connectivity index (χ0n) is 13.3. The highest BCUT2D eigenvalue weighted by molar-refractivity contribution is 5.86. The van der Waals surface area contributed by atoms with Crippen LogP contribution in [-0.2, 0) is 17.9 Å². The van der Waals surface area contributed by atoms with E-state index in [1.807, 2.05) is 0 Å². The molecular formula is C19H24N2O. The first kappa shape index (κ1) is 13.1. The summed E-state index contributed by atoms with van der Waals surface area (Å²) in [6.45, 7) is 6.49. The third-order valence-corrected chi connectivity index (χ3v) is 6.15. The lowest BCUT2D eigenvalue weighted by Gasteiger charge is -2.46. The van der Waals surface area contributed by atoms with Crippen LogP contribution in [0.25, 0.3) is 10.9 Å². The molecule has 0 bridgehead atoms. The van der Waals surface area contributed by atoms with Crippen molar-refractivity contribution in [1.82, 2.24) is 9.47 Å². The first-order chi connectivity index (χ1) is 10.9. The number of hydrogen-bond donors (Lipinski definition) is 0. The molecule has 4 heterocycles. The highest BCUT2D eigenvalue weighted by atomic mass is 16.5. The molecule has 1 aromatic carbocycles. The maximum Gasteiger partial charge on any atom is 0.123 e. The van der Waals surface area contributed by atoms with Crippen LogP contribution in [0.4, 0.5) is 0 Å². The van der Waals surface area contributed by atoms with Gasteiger partial charge in [0.2, 0.25) is 0 Å². The van der Waals surface area contributed by atoms with Gasteiger partial charge in [0, 0.05) is 30.1 Å². The summed E-state index contributed by atoms with van der Waals surface area (Å²) >= 11 is 0. The molecule has 3 atom stereocenters. The number of aromatic nitrogens is 1. The summed E-state index contributed by atoms with van der Waals surface area (Å²) < 4.78 is 8.58. The Morgan fingerprint density at radius 1 is 1.27 bits per heavy atom. The average molecular weight is 296 g/mol. The SMILES string of the molecule is CC[C@@H]1C[C@H]2COCn3c4c(c5ccccc53)CCN(C1)[C@@H]42. The Hall–Kier alpha value is -1.32. The van der Waals surface area contributed by atoms with E-state index in [1.54, 1.807) is 11.3 Å². The van der Waals surface area contributed by atoms with Crippen molar-refractivity contribution < 1.29 is 4.74 Å². The molecule has 0 saturated carbocycles. The number of para-hydroxylation sites is 1. The average Bonchev–Trinajstić information content (AvgIpc) is 2.75. The Morgan fingerprint density at radius 3 is 3.09 bits per heavy atom. The molecule has 116 valence electrons. The van der Waals surface area contributed by atoms with Gasteiger partial charge < -0.3 is 9.30 Å². The molecule has 0 spiro atoms. The van der Waals surface area contributed by atoms with Crippen LogP contribution in [0.5, 0.6) is 0 Å². The highest BCUT2D eigenvalue weighted by Gasteiger charge is 2.43. The largest absolute Gasteiger partial charge is 0.360 e. The Labute approximate surface area is 131 Å². The molecule has 3 heteroatoms. The minimum Gasteiger partial charge on any atom is -0.360 e. The van der Waals surface area contributed by atoms with Crippen molar-refractivity contribution in [2.24, 2.45) is 11.8 Å². The van der Waals surface area contributed by atoms with Gasteiger partial charge in [0.1, 0.15) is 6.73 Å². The Morgan fingerprint density at radius 2 is 2.18 bits per heavy atom. The molecule has 0 unspecified atom stereocenters. The normalized spacial score (nSPS) is 31.0. The van der Waals surface area contributed by atoms with E-state index in [4.69, 9.17) is 4.74 Å². The molecule has 1 saturated heterocycles. The summed E-state index contributed by atoms with van der Waals surface area (Å²) in [5, 5.41) is 1.46. The van der Waals surface area contributed by atoms with Gasteiger partial charge >= 0.3 is 0 Å². The van der Waals surface area contributed by atoms with Crippen LogP contribution in [0.2, 0.25) is 0 Å². The van der Waals surface area contributed by atoms with Gasteiger partial charge in [0.05, 0.1) is 18.2 Å². The molecule has 0 amide bonds. The van der Waals surface area contributed by atoms with E-state index >= 15 is 0 Å². The zero-order chi connectivity index (χ0) is 14.7. The van der Waals surface area contributed by atoms with Gasteiger partial charge in [-0.2, -0.15) is 0 Å². The number of hydrogen-bond acceptors (Lipinski definition) is 2. The number of benzene rings is 1. The van der Waals surface area contributed by atoms with E-state index in [2.05, 4.69) is 40.7 Å². The standard InChI is InChI=1S/C19H24N2O/c1-2-13-9-14-11-22-12-21-17-6-4-3-5-15(17)16-7-8-20(10-13)18(14)19(16)21/h3-6,13-14,18H,2,7-12H2,1H3/t13-,14+,18-/m1/s1. The maximum atomic E-state index is 6.12. The number of fused-ring (bicyclic) bond motifs is 3. The highest BCUT2D eigenvalue weighted by Crippen LogP contribution is 2.47. The van der Waals surface area contributed by atoms with Gasteiger partial charge in [-0.25, -0.2) is 0 Å². The van der Waals surface area contributed by atoms with E-state index in [9.17, 15) is 0 Å². The lowest BCUT2D eigenvalue weighted by Crippen LogP contribution is -2.47. The summed E-state index contributed by atoms with van der Waals surface area (Å²) in [6, 6.07) is 9.48. The first-order valence-corrected chi connectivity index (χ1v) is 8.78. The second-order valence-electron chi connectivity index (χ2n) is 7.27. The van der Waals surface area contributed by atoms with Crippen molar-refractivity contribution in [1.29, 1.82) is 0 Å². The van der Waals surface area contributed by atoms with E-state index in [0.29, 0.717) is 12.0 Å². The zero-order valence-corrected chi connectivity index (χ0v) is 13.3. The molecule has 22 heavy (non-hydrogen) atoms. The van der Waals surface area contributed by atoms with Gasteiger partial charge in [-0.3, -0.25) is 4.90 Å². The molecule has 5 rings (SSSR count). The van der Waals surface area contributed by atoms with Crippen molar-refractivity contribution in [2.45, 2.75) is 39.0 Å². The predicted molar refractivity (Wildman–Crippen MR) is 87.8 cm³/mol. The minimum atomic E-state index is 0.585. The van der Waals surface area contributed by atoms with Gasteiger partial charge in [0.25, 0.3) is 0 Å². The van der Waals surface area contributed by atoms with Crippen molar-refractivity contribution in [2.75, 3.05) is 19.7 Å². The second-order valence-corrected chi connectivity index (χ2v) is 7.27. The van der Waals surface area contributed by atoms with Crippen molar-refractivity contribution >= 4 is 10.9 Å². The summed E-state index contributed by atoms with van der Waals surface area (Å²) in [7, 11) is 0. The molecule has 0 N–H and O–H groups in total. The molecule has 2 aromatic rings. The van der Waals surface area contributed by atoms with Crippen LogP contribution < -0.4 is 0 Å². The molecular weight excluding hydrogens is 272 g/mol. The molecule has 0 aliphatic carbocycles. The van der Waals surface area contributed by atoms with Gasteiger partial charge in [-0.15, -0.1) is 0 Å². The monoisotopic (exact) mass is 296 g/mol. The lowest BCUT2D eigenvalue weighted by atomic mass is 9.78. The first-order valence-electron chi connectivity index (χ1n) is 8.78. The quantitative estimate of drug-likeness (QED) is 0.800. The van der Waals surface area contributed by atoms with Gasteiger partial charge in [-0.05, 0) is 30.4 Å². The van der Waals surface area contributed by atoms with Crippen LogP contribution in [-0.4, -0.2) is 29.2 Å². The lowest BCUT2D eigenvalue weighted by molar-refractivity contribution is -0.00360. The van der Waals surface area contributed by atoms with Crippen molar-refractivity contribution in [3.63, 3.8) is 0 Å². The fourth-order valence-electron chi connectivity index (χ4n) is 5.14. The van der Waals surface area contributed by atoms with Gasteiger partial charge in [0.15, 0.2) is 0 Å². The summed E-state index contributed by atoms with van der Waals surface area (Å²) in [5.41, 5.74) is 4.54. The van der Waals surface area contributed by atoms with Gasteiger partial charge in [-0.1, -0.05) is 31.5 Å². The Kier molecular flexibility index (Phi) is 2.89. The Balaban J connectivity index is 1.72. The van der Waals surface area contributed by atoms with E-state index in [-0.39, 0.29) is 0 Å². The van der Waals surface area contributed by atoms with Crippen LogP contribution in [0.1, 0.15) is 37.1 Å². The molecule has 0 radical (unpaired) electrons. The predicted octanol–water partition coefficient (Wildman–Crippen LogP) is 3.57. The molecule has 3 nitrogen and oxygen atoms in total. The van der Waals surface area contributed by atoms with Crippen LogP contribution in [0.3, 0.4) is 0 Å². The third-order valence-electron chi connectivity index (χ3n) is 6.15. The van der Waals surface area contributed by atoms with E-state index in [0.717, 1.165) is 19.3 Å². The van der Waals surface area contributed by atoms with Crippen LogP contribution >= 0.6 is 0 Å². The Bertz CT molecular complexity index is 720. The fraction of sp³-hybridized carbons (Fsp3) is 0.579. The fourth-order valence-corrected chi connectivity index (χ4v) is 5.14. The third kappa shape index (κ3) is 1.70. The number of piperidine rings is 1.